The molecule has 0 unspecified atom stereocenters. The molecule has 0 amide bonds. The molecule has 0 bridgehead atoms. The number of carbonyl (C=O) groups excluding carboxylic acids is 1. The quantitative estimate of drug-likeness (QED) is 0.757. The SMILES string of the molecule is Cc1cccc(COC(=O)c2ccccn2)c1. The molecule has 0 atom stereocenters. The lowest BCUT2D eigenvalue weighted by molar-refractivity contribution is 0.0465. The van der Waals surface area contributed by atoms with E-state index >= 15 is 0 Å². The number of nitrogens with zero attached hydrogens (tertiary/aromatic N) is 1. The molecule has 0 N–H and O–H groups in total. The van der Waals surface area contributed by atoms with E-state index < -0.39 is 5.97 Å². The lowest BCUT2D eigenvalue weighted by Crippen LogP contribution is -2.06. The number of carbonyl (C=O) groups is 1. The van der Waals surface area contributed by atoms with E-state index in [1.807, 2.05) is 31.2 Å². The topological polar surface area (TPSA) is 39.2 Å². The standard InChI is InChI=1S/C14H13NO2/c1-11-5-4-6-12(9-11)10-17-14(16)13-7-2-3-8-15-13/h2-9H,10H2,1H3. The zero-order valence-electron chi connectivity index (χ0n) is 9.59. The van der Waals surface area contributed by atoms with Gasteiger partial charge in [-0.15, -0.1) is 0 Å². The molecule has 3 nitrogen and oxygen atoms in total. The van der Waals surface area contributed by atoms with Gasteiger partial charge in [0.2, 0.25) is 0 Å². The zero-order valence-corrected chi connectivity index (χ0v) is 9.59. The van der Waals surface area contributed by atoms with Gasteiger partial charge < -0.3 is 4.74 Å². The van der Waals surface area contributed by atoms with Crippen LogP contribution in [-0.4, -0.2) is 11.0 Å². The van der Waals surface area contributed by atoms with E-state index in [4.69, 9.17) is 4.74 Å². The van der Waals surface area contributed by atoms with E-state index in [1.54, 1.807) is 24.4 Å². The highest BCUT2D eigenvalue weighted by Gasteiger charge is 2.07. The molecule has 0 spiro atoms. The molecular formula is C14H13NO2. The van der Waals surface area contributed by atoms with Crippen molar-refractivity contribution in [3.63, 3.8) is 0 Å². The molecule has 1 aromatic heterocycles. The molecule has 0 radical (unpaired) electrons. The maximum Gasteiger partial charge on any atom is 0.357 e. The fourth-order valence-electron chi connectivity index (χ4n) is 1.51. The van der Waals surface area contributed by atoms with Gasteiger partial charge in [-0.05, 0) is 24.6 Å². The van der Waals surface area contributed by atoms with Crippen LogP contribution < -0.4 is 0 Å². The van der Waals surface area contributed by atoms with Gasteiger partial charge in [0.15, 0.2) is 0 Å². The second kappa shape index (κ2) is 5.25. The molecule has 0 fully saturated rings. The van der Waals surface area contributed by atoms with Crippen LogP contribution in [0.3, 0.4) is 0 Å². The number of ether oxygens (including phenoxy) is 1. The minimum absolute atomic E-state index is 0.275. The van der Waals surface area contributed by atoms with Crippen molar-refractivity contribution in [3.05, 3.63) is 65.5 Å². The minimum Gasteiger partial charge on any atom is -0.456 e. The van der Waals surface area contributed by atoms with Gasteiger partial charge in [-0.25, -0.2) is 9.78 Å². The van der Waals surface area contributed by atoms with Gasteiger partial charge in [-0.2, -0.15) is 0 Å². The van der Waals surface area contributed by atoms with Crippen LogP contribution in [-0.2, 0) is 11.3 Å². The third kappa shape index (κ3) is 3.14. The highest BCUT2D eigenvalue weighted by Crippen LogP contribution is 2.07. The van der Waals surface area contributed by atoms with Crippen LogP contribution in [0.2, 0.25) is 0 Å². The predicted molar refractivity (Wildman–Crippen MR) is 64.5 cm³/mol. The predicted octanol–water partition coefficient (Wildman–Crippen LogP) is 2.75. The molecule has 0 aliphatic rings. The Hall–Kier alpha value is -2.16. The summed E-state index contributed by atoms with van der Waals surface area (Å²) in [6.45, 7) is 2.28. The van der Waals surface area contributed by atoms with Crippen LogP contribution in [0.25, 0.3) is 0 Å². The molecule has 0 saturated carbocycles. The van der Waals surface area contributed by atoms with Crippen molar-refractivity contribution in [2.75, 3.05) is 0 Å². The van der Waals surface area contributed by atoms with E-state index in [0.29, 0.717) is 5.69 Å². The minimum atomic E-state index is -0.396. The number of esters is 1. The second-order valence-corrected chi connectivity index (χ2v) is 3.78. The van der Waals surface area contributed by atoms with Crippen molar-refractivity contribution in [2.24, 2.45) is 0 Å². The first-order chi connectivity index (χ1) is 8.25. The van der Waals surface area contributed by atoms with Crippen LogP contribution in [0.1, 0.15) is 21.6 Å². The third-order valence-electron chi connectivity index (χ3n) is 2.33. The molecule has 1 aromatic carbocycles. The van der Waals surface area contributed by atoms with E-state index in [0.717, 1.165) is 11.1 Å². The highest BCUT2D eigenvalue weighted by molar-refractivity contribution is 5.87. The van der Waals surface area contributed by atoms with Gasteiger partial charge in [-0.1, -0.05) is 35.9 Å². The van der Waals surface area contributed by atoms with Gasteiger partial charge in [0, 0.05) is 6.20 Å². The fraction of sp³-hybridized carbons (Fsp3) is 0.143. The van der Waals surface area contributed by atoms with Crippen LogP contribution in [0.4, 0.5) is 0 Å². The summed E-state index contributed by atoms with van der Waals surface area (Å²) in [4.78, 5) is 15.6. The summed E-state index contributed by atoms with van der Waals surface area (Å²) in [6, 6.07) is 13.0. The Morgan fingerprint density at radius 1 is 1.24 bits per heavy atom. The van der Waals surface area contributed by atoms with Crippen LogP contribution >= 0.6 is 0 Å². The number of pyridine rings is 1. The Morgan fingerprint density at radius 3 is 2.82 bits per heavy atom. The largest absolute Gasteiger partial charge is 0.456 e. The van der Waals surface area contributed by atoms with Gasteiger partial charge in [-0.3, -0.25) is 0 Å². The lowest BCUT2D eigenvalue weighted by Gasteiger charge is -2.04. The van der Waals surface area contributed by atoms with E-state index in [1.165, 1.54) is 0 Å². The maximum atomic E-state index is 11.6. The number of benzene rings is 1. The number of rotatable bonds is 3. The summed E-state index contributed by atoms with van der Waals surface area (Å²) in [6.07, 6.45) is 1.57. The van der Waals surface area contributed by atoms with Crippen LogP contribution in [0.5, 0.6) is 0 Å². The van der Waals surface area contributed by atoms with Gasteiger partial charge in [0.25, 0.3) is 0 Å². The normalized spacial score (nSPS) is 9.94. The summed E-state index contributed by atoms with van der Waals surface area (Å²) < 4.78 is 5.17. The monoisotopic (exact) mass is 227 g/mol. The molecule has 3 heteroatoms. The van der Waals surface area contributed by atoms with Crippen LogP contribution in [0.15, 0.2) is 48.7 Å². The smallest absolute Gasteiger partial charge is 0.357 e. The Kier molecular flexibility index (Phi) is 3.50. The summed E-state index contributed by atoms with van der Waals surface area (Å²) in [5.41, 5.74) is 2.46. The number of aromatic nitrogens is 1. The van der Waals surface area contributed by atoms with Gasteiger partial charge >= 0.3 is 5.97 Å². The molecule has 17 heavy (non-hydrogen) atoms. The van der Waals surface area contributed by atoms with E-state index in [-0.39, 0.29) is 6.61 Å². The second-order valence-electron chi connectivity index (χ2n) is 3.78. The number of aryl methyl sites for hydroxylation is 1. The first-order valence-electron chi connectivity index (χ1n) is 5.39. The molecule has 1 heterocycles. The lowest BCUT2D eigenvalue weighted by atomic mass is 10.1. The average molecular weight is 227 g/mol. The summed E-state index contributed by atoms with van der Waals surface area (Å²) in [5, 5.41) is 0. The van der Waals surface area contributed by atoms with Crippen molar-refractivity contribution >= 4 is 5.97 Å². The third-order valence-corrected chi connectivity index (χ3v) is 2.33. The van der Waals surface area contributed by atoms with Crippen molar-refractivity contribution in [1.29, 1.82) is 0 Å². The molecule has 2 aromatic rings. The molecule has 0 aliphatic carbocycles. The summed E-state index contributed by atoms with van der Waals surface area (Å²) in [5.74, 6) is -0.396. The number of hydrogen-bond acceptors (Lipinski definition) is 3. The zero-order chi connectivity index (χ0) is 12.1. The molecular weight excluding hydrogens is 214 g/mol. The first kappa shape index (κ1) is 11.3. The fourth-order valence-corrected chi connectivity index (χ4v) is 1.51. The molecule has 86 valence electrons. The highest BCUT2D eigenvalue weighted by atomic mass is 16.5. The molecule has 0 aliphatic heterocycles. The van der Waals surface area contributed by atoms with Crippen molar-refractivity contribution < 1.29 is 9.53 Å². The van der Waals surface area contributed by atoms with Gasteiger partial charge in [0.05, 0.1) is 0 Å². The first-order valence-corrected chi connectivity index (χ1v) is 5.39. The van der Waals surface area contributed by atoms with Crippen molar-refractivity contribution in [3.8, 4) is 0 Å². The average Bonchev–Trinajstić information content (AvgIpc) is 2.37. The van der Waals surface area contributed by atoms with E-state index in [9.17, 15) is 4.79 Å². The van der Waals surface area contributed by atoms with Crippen molar-refractivity contribution in [2.45, 2.75) is 13.5 Å². The Morgan fingerprint density at radius 2 is 2.12 bits per heavy atom. The maximum absolute atomic E-state index is 11.6. The summed E-state index contributed by atoms with van der Waals surface area (Å²) in [7, 11) is 0. The Balaban J connectivity index is 1.97. The molecule has 2 rings (SSSR count). The summed E-state index contributed by atoms with van der Waals surface area (Å²) >= 11 is 0. The Labute approximate surface area is 100 Å². The van der Waals surface area contributed by atoms with Crippen LogP contribution in [0, 0.1) is 6.92 Å². The van der Waals surface area contributed by atoms with Crippen molar-refractivity contribution in [1.82, 2.24) is 4.98 Å². The molecule has 0 saturated heterocycles. The number of hydrogen-bond donors (Lipinski definition) is 0. The van der Waals surface area contributed by atoms with E-state index in [2.05, 4.69) is 4.98 Å². The van der Waals surface area contributed by atoms with Gasteiger partial charge in [0.1, 0.15) is 12.3 Å². The Bertz CT molecular complexity index is 509.